The molecule has 0 saturated heterocycles. The van der Waals surface area contributed by atoms with E-state index in [9.17, 15) is 13.6 Å². The monoisotopic (exact) mass is 491 g/mol. The zero-order valence-electron chi connectivity index (χ0n) is 20.4. The van der Waals surface area contributed by atoms with Crippen molar-refractivity contribution in [3.63, 3.8) is 0 Å². The molecule has 2 rings (SSSR count). The zero-order chi connectivity index (χ0) is 25.5. The Kier molecular flexibility index (Phi) is 9.28. The average Bonchev–Trinajstić information content (AvgIpc) is 2.76. The summed E-state index contributed by atoms with van der Waals surface area (Å²) in [5, 5.41) is 8.98. The molecule has 0 aliphatic rings. The molecule has 184 valence electrons. The van der Waals surface area contributed by atoms with Gasteiger partial charge in [-0.3, -0.25) is 4.79 Å². The second kappa shape index (κ2) is 11.5. The Balaban J connectivity index is 2.44. The van der Waals surface area contributed by atoms with Crippen LogP contribution >= 0.6 is 9.24 Å². The molecule has 0 aliphatic carbocycles. The lowest BCUT2D eigenvalue weighted by Crippen LogP contribution is -2.29. The molecule has 2 atom stereocenters. The van der Waals surface area contributed by atoms with Crippen molar-refractivity contribution in [1.29, 1.82) is 0 Å². The number of likely N-dealkylation sites (N-methyl/N-ethyl adjacent to an activating group) is 1. The zero-order valence-corrected chi connectivity index (χ0v) is 21.6. The average molecular weight is 492 g/mol. The fraction of sp³-hybridized carbons (Fsp3) is 0.400. The number of hydrogen-bond acceptors (Lipinski definition) is 5. The minimum Gasteiger partial charge on any atom is -0.398 e. The van der Waals surface area contributed by atoms with Crippen molar-refractivity contribution < 1.29 is 23.3 Å². The fourth-order valence-electron chi connectivity index (χ4n) is 3.30. The number of carbonyl (C=O) groups excluding carboxylic acids is 1. The number of hydrogen-bond donors (Lipinski definition) is 1. The number of alkyl halides is 2. The van der Waals surface area contributed by atoms with Crippen LogP contribution in [-0.2, 0) is 26.7 Å². The quantitative estimate of drug-likeness (QED) is 0.283. The molecule has 0 aliphatic heterocycles. The molecule has 2 aromatic rings. The van der Waals surface area contributed by atoms with Crippen LogP contribution in [0.5, 0.6) is 0 Å². The summed E-state index contributed by atoms with van der Waals surface area (Å²) in [6.45, 7) is 6.19. The van der Waals surface area contributed by atoms with E-state index in [0.717, 1.165) is 5.56 Å². The van der Waals surface area contributed by atoms with Gasteiger partial charge in [-0.1, -0.05) is 55.9 Å². The van der Waals surface area contributed by atoms with Gasteiger partial charge >= 0.3 is 0 Å². The van der Waals surface area contributed by atoms with Gasteiger partial charge in [-0.25, -0.2) is 8.78 Å². The largest absolute Gasteiger partial charge is 0.398 e. The molecule has 0 spiro atoms. The molecule has 6 nitrogen and oxygen atoms in total. The maximum Gasteiger partial charge on any atom is 0.273 e. The minimum atomic E-state index is -1.64. The molecule has 0 saturated carbocycles. The molecule has 0 aromatic heterocycles. The normalized spacial score (nSPS) is 14.4. The van der Waals surface area contributed by atoms with Crippen LogP contribution in [0.4, 0.5) is 8.78 Å². The molecule has 2 unspecified atom stereocenters. The Labute approximate surface area is 202 Å². The number of benzene rings is 2. The number of nitrogens with zero attached hydrogens (tertiary/aromatic N) is 2. The van der Waals surface area contributed by atoms with Crippen molar-refractivity contribution >= 4 is 26.6 Å². The predicted molar refractivity (Wildman–Crippen MR) is 135 cm³/mol. The van der Waals surface area contributed by atoms with Crippen LogP contribution in [0.2, 0.25) is 0 Å². The molecular formula is C25H32F2N3O3P. The van der Waals surface area contributed by atoms with Crippen molar-refractivity contribution in [1.82, 2.24) is 5.32 Å². The van der Waals surface area contributed by atoms with Crippen molar-refractivity contribution in [3.05, 3.63) is 70.3 Å². The minimum absolute atomic E-state index is 0.000608. The number of rotatable bonds is 10. The number of carbonyl (C=O) groups is 1. The molecule has 9 heteroatoms. The van der Waals surface area contributed by atoms with Gasteiger partial charge in [-0.2, -0.15) is 0 Å². The van der Waals surface area contributed by atoms with Crippen LogP contribution in [0.15, 0.2) is 52.8 Å². The number of amides is 1. The molecule has 0 fully saturated rings. The molecule has 2 aromatic carbocycles. The number of nitrogens with one attached hydrogen (secondary N) is 1. The Hall–Kier alpha value is -2.86. The first-order valence-electron chi connectivity index (χ1n) is 10.8. The first-order valence-corrected chi connectivity index (χ1v) is 11.3. The fourth-order valence-corrected chi connectivity index (χ4v) is 3.49. The molecule has 0 radical (unpaired) electrons. The van der Waals surface area contributed by atoms with Gasteiger partial charge < -0.3 is 15.0 Å². The lowest BCUT2D eigenvalue weighted by Gasteiger charge is -2.19. The lowest BCUT2D eigenvalue weighted by atomic mass is 9.95. The van der Waals surface area contributed by atoms with Crippen molar-refractivity contribution in [2.75, 3.05) is 14.2 Å². The highest BCUT2D eigenvalue weighted by Gasteiger charge is 2.24. The standard InChI is InChI=1S/C25H32F2N3O3P/c1-16-9-7-12-19(22(30-32-6)23(31)28-5)20(16)15-33-29-21(14-25(4,27)34)17-10-8-11-18(13-17)24(2,3)26/h7-13H,14-15,34H2,1-6H3,(H,28,31)/b29-21+,30-22+. The van der Waals surface area contributed by atoms with Gasteiger partial charge in [0.1, 0.15) is 24.8 Å². The summed E-state index contributed by atoms with van der Waals surface area (Å²) in [6.07, 6.45) is -0.0664. The van der Waals surface area contributed by atoms with E-state index in [1.807, 2.05) is 13.0 Å². The van der Waals surface area contributed by atoms with E-state index in [1.165, 1.54) is 34.9 Å². The van der Waals surface area contributed by atoms with Gasteiger partial charge in [0.25, 0.3) is 5.91 Å². The Morgan fingerprint density at radius 2 is 1.79 bits per heavy atom. The maximum absolute atomic E-state index is 14.5. The van der Waals surface area contributed by atoms with Gasteiger partial charge in [0.05, 0.1) is 5.71 Å². The van der Waals surface area contributed by atoms with Gasteiger partial charge in [0.2, 0.25) is 0 Å². The third kappa shape index (κ3) is 7.59. The van der Waals surface area contributed by atoms with Crippen molar-refractivity contribution in [3.8, 4) is 0 Å². The second-order valence-electron chi connectivity index (χ2n) is 8.62. The highest BCUT2D eigenvalue weighted by atomic mass is 31.0. The summed E-state index contributed by atoms with van der Waals surface area (Å²) in [5.74, 6) is -0.417. The van der Waals surface area contributed by atoms with E-state index in [-0.39, 0.29) is 18.7 Å². The molecule has 1 amide bonds. The highest BCUT2D eigenvalue weighted by molar-refractivity contribution is 7.18. The predicted octanol–water partition coefficient (Wildman–Crippen LogP) is 5.17. The Bertz CT molecular complexity index is 1070. The van der Waals surface area contributed by atoms with Gasteiger partial charge in [0.15, 0.2) is 5.71 Å². The third-order valence-electron chi connectivity index (χ3n) is 5.07. The Morgan fingerprint density at radius 1 is 1.12 bits per heavy atom. The van der Waals surface area contributed by atoms with Crippen LogP contribution in [0.1, 0.15) is 55.0 Å². The van der Waals surface area contributed by atoms with E-state index in [1.54, 1.807) is 36.4 Å². The Morgan fingerprint density at radius 3 is 2.38 bits per heavy atom. The lowest BCUT2D eigenvalue weighted by molar-refractivity contribution is -0.114. The second-order valence-corrected chi connectivity index (χ2v) is 9.83. The number of oxime groups is 2. The van der Waals surface area contributed by atoms with Gasteiger partial charge in [-0.15, -0.1) is 0 Å². The van der Waals surface area contributed by atoms with Gasteiger partial charge in [-0.05, 0) is 50.5 Å². The van der Waals surface area contributed by atoms with Crippen molar-refractivity contribution in [2.45, 2.75) is 51.8 Å². The van der Waals surface area contributed by atoms with Crippen LogP contribution in [-0.4, -0.2) is 36.9 Å². The van der Waals surface area contributed by atoms with E-state index < -0.39 is 17.0 Å². The van der Waals surface area contributed by atoms with Crippen molar-refractivity contribution in [2.24, 2.45) is 10.3 Å². The molecular weight excluding hydrogens is 459 g/mol. The molecule has 0 heterocycles. The van der Waals surface area contributed by atoms with Crippen LogP contribution in [0.25, 0.3) is 0 Å². The maximum atomic E-state index is 14.5. The summed E-state index contributed by atoms with van der Waals surface area (Å²) in [6, 6.07) is 12.2. The molecule has 1 N–H and O–H groups in total. The summed E-state index contributed by atoms with van der Waals surface area (Å²) in [4.78, 5) is 22.9. The summed E-state index contributed by atoms with van der Waals surface area (Å²) < 4.78 is 29.0. The number of halogens is 2. The summed E-state index contributed by atoms with van der Waals surface area (Å²) in [5.41, 5.74) is 1.94. The highest BCUT2D eigenvalue weighted by Crippen LogP contribution is 2.29. The molecule has 34 heavy (non-hydrogen) atoms. The molecule has 0 bridgehead atoms. The third-order valence-corrected chi connectivity index (χ3v) is 5.27. The summed E-state index contributed by atoms with van der Waals surface area (Å²) in [7, 11) is 4.99. The topological polar surface area (TPSA) is 72.3 Å². The van der Waals surface area contributed by atoms with E-state index in [0.29, 0.717) is 28.0 Å². The first-order chi connectivity index (χ1) is 15.9. The van der Waals surface area contributed by atoms with E-state index in [4.69, 9.17) is 9.68 Å². The summed E-state index contributed by atoms with van der Waals surface area (Å²) >= 11 is 0. The van der Waals surface area contributed by atoms with E-state index >= 15 is 0 Å². The van der Waals surface area contributed by atoms with Crippen LogP contribution < -0.4 is 5.32 Å². The SMILES string of the molecule is CNC(=O)/C(=N/OC)c1cccc(C)c1CO/N=C(\CC(C)(F)P)c1cccc(C(C)(C)F)c1. The smallest absolute Gasteiger partial charge is 0.273 e. The van der Waals surface area contributed by atoms with Crippen LogP contribution in [0, 0.1) is 6.92 Å². The van der Waals surface area contributed by atoms with Gasteiger partial charge in [0, 0.05) is 24.6 Å². The van der Waals surface area contributed by atoms with Crippen LogP contribution in [0.3, 0.4) is 0 Å². The van der Waals surface area contributed by atoms with E-state index in [2.05, 4.69) is 24.9 Å². The number of aryl methyl sites for hydroxylation is 1. The first kappa shape index (κ1) is 27.4.